The average molecular weight is 289 g/mol. The second-order valence-corrected chi connectivity index (χ2v) is 5.49. The van der Waals surface area contributed by atoms with Crippen molar-refractivity contribution < 1.29 is 5.11 Å². The van der Waals surface area contributed by atoms with Crippen LogP contribution in [0.15, 0.2) is 18.2 Å². The van der Waals surface area contributed by atoms with Gasteiger partial charge in [0.25, 0.3) is 0 Å². The van der Waals surface area contributed by atoms with Crippen LogP contribution in [0.2, 0.25) is 10.0 Å². The number of benzene rings is 1. The monoisotopic (exact) mass is 288 g/mol. The molecule has 18 heavy (non-hydrogen) atoms. The van der Waals surface area contributed by atoms with Crippen LogP contribution in [0, 0.1) is 0 Å². The summed E-state index contributed by atoms with van der Waals surface area (Å²) in [5.74, 6) is 0. The second-order valence-electron chi connectivity index (χ2n) is 4.71. The molecule has 0 spiro atoms. The second kappa shape index (κ2) is 6.11. The van der Waals surface area contributed by atoms with Crippen LogP contribution in [-0.2, 0) is 0 Å². The molecule has 1 aliphatic heterocycles. The van der Waals surface area contributed by atoms with E-state index < -0.39 is 0 Å². The van der Waals surface area contributed by atoms with E-state index in [-0.39, 0.29) is 6.10 Å². The molecule has 1 aromatic carbocycles. The first-order valence-corrected chi connectivity index (χ1v) is 6.93. The number of anilines is 1. The third-order valence-corrected chi connectivity index (χ3v) is 3.98. The van der Waals surface area contributed by atoms with Gasteiger partial charge < -0.3 is 10.0 Å². The van der Waals surface area contributed by atoms with Crippen molar-refractivity contribution in [2.45, 2.75) is 13.0 Å². The van der Waals surface area contributed by atoms with Gasteiger partial charge >= 0.3 is 0 Å². The van der Waals surface area contributed by atoms with E-state index in [2.05, 4.69) is 9.80 Å². The summed E-state index contributed by atoms with van der Waals surface area (Å²) in [6.45, 7) is 6.25. The maximum Gasteiger partial charge on any atom is 0.0825 e. The zero-order chi connectivity index (χ0) is 13.1. The molecule has 0 radical (unpaired) electrons. The van der Waals surface area contributed by atoms with Crippen molar-refractivity contribution in [2.75, 3.05) is 37.6 Å². The summed E-state index contributed by atoms with van der Waals surface area (Å²) in [4.78, 5) is 4.51. The van der Waals surface area contributed by atoms with Crippen LogP contribution < -0.4 is 4.90 Å². The molecule has 3 nitrogen and oxygen atoms in total. The fourth-order valence-corrected chi connectivity index (χ4v) is 2.70. The molecule has 0 unspecified atom stereocenters. The van der Waals surface area contributed by atoms with Gasteiger partial charge in [0.15, 0.2) is 0 Å². The molecule has 2 rings (SSSR count). The zero-order valence-electron chi connectivity index (χ0n) is 10.4. The molecule has 0 amide bonds. The van der Waals surface area contributed by atoms with Gasteiger partial charge in [-0.2, -0.15) is 0 Å². The number of hydrogen-bond donors (Lipinski definition) is 1. The molecular weight excluding hydrogens is 271 g/mol. The van der Waals surface area contributed by atoms with E-state index in [1.165, 1.54) is 0 Å². The van der Waals surface area contributed by atoms with Gasteiger partial charge in [-0.3, -0.25) is 4.90 Å². The minimum absolute atomic E-state index is 0.272. The molecule has 1 saturated heterocycles. The maximum atomic E-state index is 9.37. The summed E-state index contributed by atoms with van der Waals surface area (Å²) in [6.07, 6.45) is -0.272. The topological polar surface area (TPSA) is 26.7 Å². The normalized spacial score (nSPS) is 19.0. The van der Waals surface area contributed by atoms with Gasteiger partial charge in [-0.15, -0.1) is 0 Å². The lowest BCUT2D eigenvalue weighted by Gasteiger charge is -2.37. The highest BCUT2D eigenvalue weighted by Gasteiger charge is 2.20. The molecule has 100 valence electrons. The first-order chi connectivity index (χ1) is 8.58. The fourth-order valence-electron chi connectivity index (χ4n) is 2.28. The van der Waals surface area contributed by atoms with Crippen molar-refractivity contribution >= 4 is 28.9 Å². The Balaban J connectivity index is 1.99. The van der Waals surface area contributed by atoms with Crippen molar-refractivity contribution in [1.29, 1.82) is 0 Å². The average Bonchev–Trinajstić information content (AvgIpc) is 2.33. The molecule has 5 heteroatoms. The van der Waals surface area contributed by atoms with Crippen LogP contribution in [0.1, 0.15) is 6.92 Å². The summed E-state index contributed by atoms with van der Waals surface area (Å²) in [5, 5.41) is 10.6. The van der Waals surface area contributed by atoms with E-state index in [9.17, 15) is 5.11 Å². The largest absolute Gasteiger partial charge is 0.392 e. The van der Waals surface area contributed by atoms with Crippen molar-refractivity contribution in [3.63, 3.8) is 0 Å². The van der Waals surface area contributed by atoms with Crippen LogP contribution in [-0.4, -0.2) is 48.8 Å². The van der Waals surface area contributed by atoms with Gasteiger partial charge in [0.05, 0.1) is 21.8 Å². The summed E-state index contributed by atoms with van der Waals surface area (Å²) in [7, 11) is 0. The van der Waals surface area contributed by atoms with Gasteiger partial charge in [0.1, 0.15) is 0 Å². The highest BCUT2D eigenvalue weighted by Crippen LogP contribution is 2.32. The molecule has 1 heterocycles. The number of halogens is 2. The molecule has 0 aromatic heterocycles. The lowest BCUT2D eigenvalue weighted by molar-refractivity contribution is 0.123. The molecular formula is C13H18Cl2N2O. The quantitative estimate of drug-likeness (QED) is 0.926. The van der Waals surface area contributed by atoms with Crippen molar-refractivity contribution in [3.8, 4) is 0 Å². The standard InChI is InChI=1S/C13H18Cl2N2O/c1-10(18)9-16-5-7-17(8-6-16)12-4-2-3-11(14)13(12)15/h2-4,10,18H,5-9H2,1H3/t10-/m0/s1. The van der Waals surface area contributed by atoms with Gasteiger partial charge in [-0.05, 0) is 19.1 Å². The molecule has 1 fully saturated rings. The molecule has 1 aliphatic rings. The number of rotatable bonds is 3. The lowest BCUT2D eigenvalue weighted by Crippen LogP contribution is -2.48. The highest BCUT2D eigenvalue weighted by molar-refractivity contribution is 6.43. The van der Waals surface area contributed by atoms with Gasteiger partial charge in [-0.25, -0.2) is 0 Å². The van der Waals surface area contributed by atoms with Crippen molar-refractivity contribution in [1.82, 2.24) is 4.90 Å². The number of aliphatic hydroxyl groups excluding tert-OH is 1. The van der Waals surface area contributed by atoms with E-state index >= 15 is 0 Å². The predicted octanol–water partition coefficient (Wildman–Crippen LogP) is 2.50. The minimum Gasteiger partial charge on any atom is -0.392 e. The first kappa shape index (κ1) is 13.9. The van der Waals surface area contributed by atoms with Crippen LogP contribution in [0.5, 0.6) is 0 Å². The van der Waals surface area contributed by atoms with Crippen LogP contribution in [0.3, 0.4) is 0 Å². The third-order valence-electron chi connectivity index (χ3n) is 3.17. The van der Waals surface area contributed by atoms with Gasteiger partial charge in [0.2, 0.25) is 0 Å². The molecule has 0 aliphatic carbocycles. The summed E-state index contributed by atoms with van der Waals surface area (Å²) >= 11 is 12.2. The summed E-state index contributed by atoms with van der Waals surface area (Å²) in [6, 6.07) is 5.72. The molecule has 1 atom stereocenters. The third kappa shape index (κ3) is 3.29. The molecule has 0 bridgehead atoms. The first-order valence-electron chi connectivity index (χ1n) is 6.17. The Morgan fingerprint density at radius 2 is 1.89 bits per heavy atom. The number of piperazine rings is 1. The zero-order valence-corrected chi connectivity index (χ0v) is 12.0. The summed E-state index contributed by atoms with van der Waals surface area (Å²) in [5.41, 5.74) is 1.00. The number of nitrogens with zero attached hydrogens (tertiary/aromatic N) is 2. The van der Waals surface area contributed by atoms with E-state index in [0.29, 0.717) is 10.0 Å². The Bertz CT molecular complexity index is 404. The van der Waals surface area contributed by atoms with E-state index in [1.807, 2.05) is 19.1 Å². The molecule has 0 saturated carbocycles. The van der Waals surface area contributed by atoms with E-state index in [4.69, 9.17) is 23.2 Å². The highest BCUT2D eigenvalue weighted by atomic mass is 35.5. The lowest BCUT2D eigenvalue weighted by atomic mass is 10.2. The minimum atomic E-state index is -0.272. The predicted molar refractivity (Wildman–Crippen MR) is 76.8 cm³/mol. The smallest absolute Gasteiger partial charge is 0.0825 e. The van der Waals surface area contributed by atoms with Crippen molar-refractivity contribution in [2.24, 2.45) is 0 Å². The number of β-amino-alcohol motifs (C(OH)–C–C–N with tert-alkyl or cyclic N) is 1. The number of aliphatic hydroxyl groups is 1. The Hall–Kier alpha value is -0.480. The van der Waals surface area contributed by atoms with Crippen LogP contribution in [0.4, 0.5) is 5.69 Å². The van der Waals surface area contributed by atoms with Gasteiger partial charge in [0, 0.05) is 32.7 Å². The Kier molecular flexibility index (Phi) is 4.73. The van der Waals surface area contributed by atoms with E-state index in [1.54, 1.807) is 6.07 Å². The molecule has 1 N–H and O–H groups in total. The van der Waals surface area contributed by atoms with Gasteiger partial charge in [-0.1, -0.05) is 29.3 Å². The van der Waals surface area contributed by atoms with Crippen molar-refractivity contribution in [3.05, 3.63) is 28.2 Å². The molecule has 1 aromatic rings. The number of hydrogen-bond acceptors (Lipinski definition) is 3. The van der Waals surface area contributed by atoms with Crippen LogP contribution in [0.25, 0.3) is 0 Å². The SMILES string of the molecule is C[C@H](O)CN1CCN(c2cccc(Cl)c2Cl)CC1. The fraction of sp³-hybridized carbons (Fsp3) is 0.538. The Morgan fingerprint density at radius 3 is 2.50 bits per heavy atom. The Morgan fingerprint density at radius 1 is 1.22 bits per heavy atom. The Labute approximate surface area is 118 Å². The maximum absolute atomic E-state index is 9.37. The van der Waals surface area contributed by atoms with Crippen LogP contribution >= 0.6 is 23.2 Å². The van der Waals surface area contributed by atoms with E-state index in [0.717, 1.165) is 38.4 Å². The summed E-state index contributed by atoms with van der Waals surface area (Å²) < 4.78 is 0.